The maximum atomic E-state index is 11.5. The largest absolute Gasteiger partial charge is 0.384 e. The lowest BCUT2D eigenvalue weighted by Crippen LogP contribution is -2.13. The van der Waals surface area contributed by atoms with Crippen LogP contribution in [0, 0.1) is 0 Å². The first-order valence-corrected chi connectivity index (χ1v) is 6.09. The average molecular weight is 256 g/mol. The molecule has 2 aromatic rings. The number of amides is 1. The number of hydrogen-bond acceptors (Lipinski definition) is 3. The molecule has 4 nitrogen and oxygen atoms in total. The van der Waals surface area contributed by atoms with E-state index in [0.29, 0.717) is 13.0 Å². The molecule has 0 atom stereocenters. The van der Waals surface area contributed by atoms with Crippen LogP contribution in [0.5, 0.6) is 0 Å². The van der Waals surface area contributed by atoms with E-state index in [2.05, 4.69) is 10.3 Å². The van der Waals surface area contributed by atoms with E-state index >= 15 is 0 Å². The van der Waals surface area contributed by atoms with Gasteiger partial charge in [0.15, 0.2) is 0 Å². The molecule has 0 aliphatic heterocycles. The van der Waals surface area contributed by atoms with Crippen LogP contribution < -0.4 is 5.32 Å². The third-order valence-corrected chi connectivity index (χ3v) is 2.70. The van der Waals surface area contributed by atoms with Crippen LogP contribution in [-0.2, 0) is 9.53 Å². The molecule has 0 bridgehead atoms. The summed E-state index contributed by atoms with van der Waals surface area (Å²) in [6.07, 6.45) is 3.92. The van der Waals surface area contributed by atoms with E-state index in [1.165, 1.54) is 0 Å². The molecule has 0 aliphatic carbocycles. The Bertz CT molecular complexity index is 524. The number of rotatable bonds is 5. The molecule has 1 N–H and O–H groups in total. The maximum absolute atomic E-state index is 11.5. The monoisotopic (exact) mass is 256 g/mol. The first-order valence-electron chi connectivity index (χ1n) is 6.09. The lowest BCUT2D eigenvalue weighted by Gasteiger charge is -2.06. The van der Waals surface area contributed by atoms with Gasteiger partial charge in [-0.3, -0.25) is 9.78 Å². The van der Waals surface area contributed by atoms with Gasteiger partial charge in [0.2, 0.25) is 5.91 Å². The van der Waals surface area contributed by atoms with Crippen LogP contribution in [0.15, 0.2) is 48.8 Å². The molecule has 0 radical (unpaired) electrons. The number of carbonyl (C=O) groups is 1. The fourth-order valence-electron chi connectivity index (χ4n) is 1.70. The molecule has 0 saturated heterocycles. The minimum atomic E-state index is -0.0454. The molecule has 98 valence electrons. The third-order valence-electron chi connectivity index (χ3n) is 2.70. The number of ether oxygens (including phenoxy) is 1. The van der Waals surface area contributed by atoms with Gasteiger partial charge in [0.1, 0.15) is 0 Å². The molecule has 1 aromatic heterocycles. The van der Waals surface area contributed by atoms with Crippen molar-refractivity contribution in [3.8, 4) is 11.1 Å². The summed E-state index contributed by atoms with van der Waals surface area (Å²) in [4.78, 5) is 15.6. The van der Waals surface area contributed by atoms with E-state index in [4.69, 9.17) is 4.74 Å². The van der Waals surface area contributed by atoms with E-state index in [1.807, 2.05) is 42.6 Å². The highest BCUT2D eigenvalue weighted by Crippen LogP contribution is 2.20. The highest BCUT2D eigenvalue weighted by Gasteiger charge is 2.02. The molecule has 1 heterocycles. The summed E-state index contributed by atoms with van der Waals surface area (Å²) in [7, 11) is 1.58. The van der Waals surface area contributed by atoms with Gasteiger partial charge in [-0.25, -0.2) is 0 Å². The Morgan fingerprint density at radius 1 is 1.21 bits per heavy atom. The van der Waals surface area contributed by atoms with Crippen LogP contribution in [0.1, 0.15) is 6.42 Å². The Morgan fingerprint density at radius 2 is 2.00 bits per heavy atom. The first-order chi connectivity index (χ1) is 9.29. The van der Waals surface area contributed by atoms with Crippen LogP contribution in [0.4, 0.5) is 5.69 Å². The highest BCUT2D eigenvalue weighted by molar-refractivity contribution is 5.91. The zero-order valence-corrected chi connectivity index (χ0v) is 10.8. The molecule has 0 saturated carbocycles. The summed E-state index contributed by atoms with van der Waals surface area (Å²) in [5, 5.41) is 2.82. The molecule has 4 heteroatoms. The SMILES string of the molecule is COCCC(=O)Nc1ccc(-c2cccnc2)cc1. The number of carbonyl (C=O) groups excluding carboxylic acids is 1. The minimum Gasteiger partial charge on any atom is -0.384 e. The predicted molar refractivity (Wildman–Crippen MR) is 74.8 cm³/mol. The minimum absolute atomic E-state index is 0.0454. The number of nitrogens with zero attached hydrogens (tertiary/aromatic N) is 1. The number of anilines is 1. The predicted octanol–water partition coefficient (Wildman–Crippen LogP) is 2.72. The Balaban J connectivity index is 2.01. The zero-order valence-electron chi connectivity index (χ0n) is 10.8. The van der Waals surface area contributed by atoms with E-state index in [9.17, 15) is 4.79 Å². The van der Waals surface area contributed by atoms with Gasteiger partial charge in [0, 0.05) is 25.2 Å². The summed E-state index contributed by atoms with van der Waals surface area (Å²) in [5.41, 5.74) is 2.91. The summed E-state index contributed by atoms with van der Waals surface area (Å²) in [6.45, 7) is 0.430. The first kappa shape index (κ1) is 13.2. The molecule has 0 unspecified atom stereocenters. The van der Waals surface area contributed by atoms with E-state index < -0.39 is 0 Å². The second-order valence-corrected chi connectivity index (χ2v) is 4.11. The smallest absolute Gasteiger partial charge is 0.226 e. The van der Waals surface area contributed by atoms with Gasteiger partial charge in [-0.15, -0.1) is 0 Å². The van der Waals surface area contributed by atoms with Crippen LogP contribution >= 0.6 is 0 Å². The number of nitrogens with one attached hydrogen (secondary N) is 1. The maximum Gasteiger partial charge on any atom is 0.226 e. The van der Waals surface area contributed by atoms with Crippen molar-refractivity contribution in [1.29, 1.82) is 0 Å². The Hall–Kier alpha value is -2.20. The van der Waals surface area contributed by atoms with Crippen LogP contribution in [0.25, 0.3) is 11.1 Å². The fraction of sp³-hybridized carbons (Fsp3) is 0.200. The van der Waals surface area contributed by atoms with Gasteiger partial charge in [-0.2, -0.15) is 0 Å². The van der Waals surface area contributed by atoms with Crippen molar-refractivity contribution in [2.24, 2.45) is 0 Å². The topological polar surface area (TPSA) is 51.2 Å². The molecule has 0 fully saturated rings. The summed E-state index contributed by atoms with van der Waals surface area (Å²) < 4.78 is 4.86. The van der Waals surface area contributed by atoms with Gasteiger partial charge in [-0.05, 0) is 29.3 Å². The quantitative estimate of drug-likeness (QED) is 0.894. The fourth-order valence-corrected chi connectivity index (χ4v) is 1.70. The number of hydrogen-bond donors (Lipinski definition) is 1. The zero-order chi connectivity index (χ0) is 13.5. The number of pyridine rings is 1. The molecular weight excluding hydrogens is 240 g/mol. The van der Waals surface area contributed by atoms with Crippen molar-refractivity contribution in [2.45, 2.75) is 6.42 Å². The van der Waals surface area contributed by atoms with Gasteiger partial charge < -0.3 is 10.1 Å². The van der Waals surface area contributed by atoms with Crippen molar-refractivity contribution in [3.05, 3.63) is 48.8 Å². The number of methoxy groups -OCH3 is 1. The lowest BCUT2D eigenvalue weighted by molar-refractivity contribution is -0.117. The normalized spacial score (nSPS) is 10.2. The van der Waals surface area contributed by atoms with E-state index in [-0.39, 0.29) is 5.91 Å². The third kappa shape index (κ3) is 3.89. The molecule has 2 rings (SSSR count). The van der Waals surface area contributed by atoms with Gasteiger partial charge >= 0.3 is 0 Å². The standard InChI is InChI=1S/C15H16N2O2/c1-19-10-8-15(18)17-14-6-4-12(5-7-14)13-3-2-9-16-11-13/h2-7,9,11H,8,10H2,1H3,(H,17,18). The van der Waals surface area contributed by atoms with Gasteiger partial charge in [0.25, 0.3) is 0 Å². The van der Waals surface area contributed by atoms with Crippen molar-refractivity contribution in [2.75, 3.05) is 19.0 Å². The van der Waals surface area contributed by atoms with E-state index in [0.717, 1.165) is 16.8 Å². The van der Waals surface area contributed by atoms with Crippen LogP contribution in [0.3, 0.4) is 0 Å². The van der Waals surface area contributed by atoms with Gasteiger partial charge in [-0.1, -0.05) is 18.2 Å². The summed E-state index contributed by atoms with van der Waals surface area (Å²) in [6, 6.07) is 11.6. The Morgan fingerprint density at radius 3 is 2.63 bits per heavy atom. The molecule has 1 aromatic carbocycles. The Kier molecular flexibility index (Phi) is 4.64. The van der Waals surface area contributed by atoms with Gasteiger partial charge in [0.05, 0.1) is 13.0 Å². The molecule has 0 spiro atoms. The van der Waals surface area contributed by atoms with Crippen molar-refractivity contribution < 1.29 is 9.53 Å². The van der Waals surface area contributed by atoms with Crippen molar-refractivity contribution in [3.63, 3.8) is 0 Å². The van der Waals surface area contributed by atoms with Crippen LogP contribution in [0.2, 0.25) is 0 Å². The number of benzene rings is 1. The summed E-state index contributed by atoms with van der Waals surface area (Å²) >= 11 is 0. The lowest BCUT2D eigenvalue weighted by atomic mass is 10.1. The second-order valence-electron chi connectivity index (χ2n) is 4.11. The van der Waals surface area contributed by atoms with Crippen molar-refractivity contribution in [1.82, 2.24) is 4.98 Å². The van der Waals surface area contributed by atoms with Crippen LogP contribution in [-0.4, -0.2) is 24.6 Å². The average Bonchev–Trinajstić information content (AvgIpc) is 2.47. The second kappa shape index (κ2) is 6.66. The highest BCUT2D eigenvalue weighted by atomic mass is 16.5. The van der Waals surface area contributed by atoms with E-state index in [1.54, 1.807) is 13.3 Å². The summed E-state index contributed by atoms with van der Waals surface area (Å²) in [5.74, 6) is -0.0454. The Labute approximate surface area is 112 Å². The van der Waals surface area contributed by atoms with Crippen molar-refractivity contribution >= 4 is 11.6 Å². The number of aromatic nitrogens is 1. The molecule has 19 heavy (non-hydrogen) atoms. The molecule has 0 aliphatic rings. The molecule has 1 amide bonds. The molecular formula is C15H16N2O2.